The summed E-state index contributed by atoms with van der Waals surface area (Å²) in [6.07, 6.45) is 1.91. The van der Waals surface area contributed by atoms with E-state index in [1.807, 2.05) is 53.6 Å². The van der Waals surface area contributed by atoms with Crippen LogP contribution in [0.3, 0.4) is 0 Å². The number of amides is 1. The van der Waals surface area contributed by atoms with E-state index in [1.54, 1.807) is 0 Å². The van der Waals surface area contributed by atoms with Gasteiger partial charge in [0.25, 0.3) is 0 Å². The summed E-state index contributed by atoms with van der Waals surface area (Å²) in [6.45, 7) is 3.91. The first-order valence-corrected chi connectivity index (χ1v) is 9.62. The molecule has 0 radical (unpaired) electrons. The van der Waals surface area contributed by atoms with Gasteiger partial charge in [0, 0.05) is 19.0 Å². The van der Waals surface area contributed by atoms with Crippen LogP contribution in [0.2, 0.25) is 0 Å². The third-order valence-electron chi connectivity index (χ3n) is 4.57. The smallest absolute Gasteiger partial charge is 0.226 e. The summed E-state index contributed by atoms with van der Waals surface area (Å²) in [6, 6.07) is 11.5. The molecule has 4 nitrogen and oxygen atoms in total. The SMILES string of the molecule is CCOc1ccc(CC(=O)N2CCC(C(=O)c3cccs3)CC2)cc1. The van der Waals surface area contributed by atoms with Crippen molar-refractivity contribution < 1.29 is 14.3 Å². The van der Waals surface area contributed by atoms with Gasteiger partial charge >= 0.3 is 0 Å². The molecule has 0 N–H and O–H groups in total. The standard InChI is InChI=1S/C20H23NO3S/c1-2-24-17-7-5-15(6-8-17)14-19(22)21-11-9-16(10-12-21)20(23)18-4-3-13-25-18/h3-8,13,16H,2,9-12,14H2,1H3. The van der Waals surface area contributed by atoms with E-state index < -0.39 is 0 Å². The number of likely N-dealkylation sites (tertiary alicyclic amines) is 1. The molecule has 1 aliphatic rings. The van der Waals surface area contributed by atoms with E-state index >= 15 is 0 Å². The topological polar surface area (TPSA) is 46.6 Å². The second kappa shape index (κ2) is 8.30. The fourth-order valence-electron chi connectivity index (χ4n) is 3.17. The van der Waals surface area contributed by atoms with E-state index in [0.717, 1.165) is 29.0 Å². The molecule has 0 atom stereocenters. The Morgan fingerprint density at radius 2 is 1.88 bits per heavy atom. The Morgan fingerprint density at radius 1 is 1.16 bits per heavy atom. The summed E-state index contributed by atoms with van der Waals surface area (Å²) >= 11 is 1.50. The number of carbonyl (C=O) groups excluding carboxylic acids is 2. The lowest BCUT2D eigenvalue weighted by molar-refractivity contribution is -0.131. The third kappa shape index (κ3) is 4.48. The van der Waals surface area contributed by atoms with Crippen LogP contribution in [-0.2, 0) is 11.2 Å². The minimum atomic E-state index is 0.0492. The maximum atomic E-state index is 12.5. The lowest BCUT2D eigenvalue weighted by Crippen LogP contribution is -2.40. The van der Waals surface area contributed by atoms with Crippen LogP contribution < -0.4 is 4.74 Å². The van der Waals surface area contributed by atoms with Gasteiger partial charge < -0.3 is 9.64 Å². The van der Waals surface area contributed by atoms with Crippen LogP contribution in [0.15, 0.2) is 41.8 Å². The second-order valence-corrected chi connectivity index (χ2v) is 7.20. The molecule has 0 aliphatic carbocycles. The van der Waals surface area contributed by atoms with Gasteiger partial charge in [-0.1, -0.05) is 18.2 Å². The molecule has 1 aromatic carbocycles. The number of nitrogens with zero attached hydrogens (tertiary/aromatic N) is 1. The van der Waals surface area contributed by atoms with Crippen molar-refractivity contribution in [1.29, 1.82) is 0 Å². The second-order valence-electron chi connectivity index (χ2n) is 6.25. The fourth-order valence-corrected chi connectivity index (χ4v) is 3.91. The molecule has 1 aliphatic heterocycles. The van der Waals surface area contributed by atoms with E-state index in [9.17, 15) is 9.59 Å². The molecule has 1 saturated heterocycles. The van der Waals surface area contributed by atoms with Gasteiger partial charge in [-0.15, -0.1) is 11.3 Å². The number of rotatable bonds is 6. The van der Waals surface area contributed by atoms with Gasteiger partial charge in [-0.3, -0.25) is 9.59 Å². The zero-order valence-electron chi connectivity index (χ0n) is 14.4. The van der Waals surface area contributed by atoms with Crippen LogP contribution in [0.25, 0.3) is 0 Å². The van der Waals surface area contributed by atoms with Gasteiger partial charge in [-0.2, -0.15) is 0 Å². The van der Waals surface area contributed by atoms with Crippen LogP contribution in [-0.4, -0.2) is 36.3 Å². The van der Waals surface area contributed by atoms with Crippen molar-refractivity contribution in [1.82, 2.24) is 4.90 Å². The molecule has 0 spiro atoms. The zero-order chi connectivity index (χ0) is 17.6. The lowest BCUT2D eigenvalue weighted by atomic mass is 9.91. The van der Waals surface area contributed by atoms with Crippen molar-refractivity contribution in [2.24, 2.45) is 5.92 Å². The average Bonchev–Trinajstić information content (AvgIpc) is 3.18. The van der Waals surface area contributed by atoms with Gasteiger partial charge in [0.2, 0.25) is 5.91 Å². The number of piperidine rings is 1. The highest BCUT2D eigenvalue weighted by Crippen LogP contribution is 2.24. The minimum absolute atomic E-state index is 0.0492. The maximum Gasteiger partial charge on any atom is 0.226 e. The molecule has 1 amide bonds. The Kier molecular flexibility index (Phi) is 5.87. The van der Waals surface area contributed by atoms with Crippen molar-refractivity contribution in [3.8, 4) is 5.75 Å². The van der Waals surface area contributed by atoms with E-state index in [1.165, 1.54) is 11.3 Å². The molecule has 1 fully saturated rings. The first kappa shape index (κ1) is 17.7. The number of thiophene rings is 1. The maximum absolute atomic E-state index is 12.5. The molecule has 25 heavy (non-hydrogen) atoms. The minimum Gasteiger partial charge on any atom is -0.494 e. The number of benzene rings is 1. The van der Waals surface area contributed by atoms with Crippen LogP contribution in [0, 0.1) is 5.92 Å². The average molecular weight is 357 g/mol. The Bertz CT molecular complexity index is 701. The van der Waals surface area contributed by atoms with E-state index in [2.05, 4.69) is 0 Å². The van der Waals surface area contributed by atoms with E-state index in [0.29, 0.717) is 26.1 Å². The summed E-state index contributed by atoms with van der Waals surface area (Å²) in [5, 5.41) is 1.93. The number of ketones is 1. The van der Waals surface area contributed by atoms with Gasteiger partial charge in [0.05, 0.1) is 17.9 Å². The van der Waals surface area contributed by atoms with Gasteiger partial charge in [0.1, 0.15) is 5.75 Å². The summed E-state index contributed by atoms with van der Waals surface area (Å²) in [4.78, 5) is 27.6. The number of hydrogen-bond acceptors (Lipinski definition) is 4. The molecule has 3 rings (SSSR count). The van der Waals surface area contributed by atoms with Crippen molar-refractivity contribution >= 4 is 23.0 Å². The van der Waals surface area contributed by atoms with Gasteiger partial charge in [-0.25, -0.2) is 0 Å². The zero-order valence-corrected chi connectivity index (χ0v) is 15.3. The summed E-state index contributed by atoms with van der Waals surface area (Å²) in [5.74, 6) is 1.24. The Hall–Kier alpha value is -2.14. The first-order chi connectivity index (χ1) is 12.2. The van der Waals surface area contributed by atoms with Crippen molar-refractivity contribution in [3.05, 3.63) is 52.2 Å². The van der Waals surface area contributed by atoms with Crippen LogP contribution in [0.5, 0.6) is 5.75 Å². The lowest BCUT2D eigenvalue weighted by Gasteiger charge is -2.31. The fraction of sp³-hybridized carbons (Fsp3) is 0.400. The Labute approximate surface area is 152 Å². The predicted molar refractivity (Wildman–Crippen MR) is 99.3 cm³/mol. The highest BCUT2D eigenvalue weighted by atomic mass is 32.1. The molecular weight excluding hydrogens is 334 g/mol. The molecule has 1 aromatic heterocycles. The number of carbonyl (C=O) groups is 2. The molecule has 2 aromatic rings. The van der Waals surface area contributed by atoms with Crippen LogP contribution in [0.4, 0.5) is 0 Å². The normalized spacial score (nSPS) is 15.2. The molecule has 0 saturated carbocycles. The summed E-state index contributed by atoms with van der Waals surface area (Å²) in [7, 11) is 0. The predicted octanol–water partition coefficient (Wildman–Crippen LogP) is 3.81. The van der Waals surface area contributed by atoms with Crippen LogP contribution in [0.1, 0.15) is 35.0 Å². The summed E-state index contributed by atoms with van der Waals surface area (Å²) in [5.41, 5.74) is 0.991. The van der Waals surface area contributed by atoms with Gasteiger partial charge in [0.15, 0.2) is 5.78 Å². The molecular formula is C20H23NO3S. The van der Waals surface area contributed by atoms with E-state index in [-0.39, 0.29) is 17.6 Å². The van der Waals surface area contributed by atoms with E-state index in [4.69, 9.17) is 4.74 Å². The quantitative estimate of drug-likeness (QED) is 0.739. The van der Waals surface area contributed by atoms with Crippen molar-refractivity contribution in [2.45, 2.75) is 26.2 Å². The van der Waals surface area contributed by atoms with Gasteiger partial charge in [-0.05, 0) is 48.9 Å². The molecule has 132 valence electrons. The highest BCUT2D eigenvalue weighted by molar-refractivity contribution is 7.12. The molecule has 0 bridgehead atoms. The Balaban J connectivity index is 1.50. The number of hydrogen-bond donors (Lipinski definition) is 0. The first-order valence-electron chi connectivity index (χ1n) is 8.74. The molecule has 5 heteroatoms. The number of Topliss-reactive ketones (excluding diaryl/α,β-unsaturated/α-hetero) is 1. The summed E-state index contributed by atoms with van der Waals surface area (Å²) < 4.78 is 5.42. The largest absolute Gasteiger partial charge is 0.494 e. The highest BCUT2D eigenvalue weighted by Gasteiger charge is 2.28. The molecule has 2 heterocycles. The number of ether oxygens (including phenoxy) is 1. The van der Waals surface area contributed by atoms with Crippen molar-refractivity contribution in [3.63, 3.8) is 0 Å². The Morgan fingerprint density at radius 3 is 2.48 bits per heavy atom. The van der Waals surface area contributed by atoms with Crippen LogP contribution >= 0.6 is 11.3 Å². The monoisotopic (exact) mass is 357 g/mol. The molecule has 0 unspecified atom stereocenters. The van der Waals surface area contributed by atoms with Crippen molar-refractivity contribution in [2.75, 3.05) is 19.7 Å². The third-order valence-corrected chi connectivity index (χ3v) is 5.46.